The highest BCUT2D eigenvalue weighted by molar-refractivity contribution is 7.98. The van der Waals surface area contributed by atoms with Crippen molar-refractivity contribution in [3.63, 3.8) is 0 Å². The Morgan fingerprint density at radius 2 is 1.64 bits per heavy atom. The molecule has 0 spiro atoms. The van der Waals surface area contributed by atoms with E-state index >= 15 is 0 Å². The summed E-state index contributed by atoms with van der Waals surface area (Å²) < 4.78 is 6.97. The lowest BCUT2D eigenvalue weighted by molar-refractivity contribution is -0.147. The fraction of sp³-hybridized carbons (Fsp3) is 0.375. The summed E-state index contributed by atoms with van der Waals surface area (Å²) in [4.78, 5) is 33.5. The van der Waals surface area contributed by atoms with Crippen LogP contribution in [0.2, 0.25) is 0 Å². The Bertz CT molecular complexity index is 1150. The van der Waals surface area contributed by atoms with Crippen LogP contribution in [0.3, 0.4) is 0 Å². The second kappa shape index (κ2) is 10.6. The molecule has 8 nitrogen and oxygen atoms in total. The van der Waals surface area contributed by atoms with Gasteiger partial charge in [-0.2, -0.15) is 5.10 Å². The molecule has 0 aliphatic carbocycles. The van der Waals surface area contributed by atoms with Crippen LogP contribution in [0.25, 0.3) is 5.69 Å². The molecule has 1 aromatic carbocycles. The normalized spacial score (nSPS) is 10.8. The summed E-state index contributed by atoms with van der Waals surface area (Å²) in [5.74, 6) is -0.847. The van der Waals surface area contributed by atoms with Crippen LogP contribution in [0.1, 0.15) is 40.3 Å². The Labute approximate surface area is 198 Å². The van der Waals surface area contributed by atoms with Crippen LogP contribution in [0.4, 0.5) is 5.69 Å². The molecule has 174 valence electrons. The molecule has 9 heteroatoms. The van der Waals surface area contributed by atoms with Gasteiger partial charge in [-0.1, -0.05) is 29.5 Å². The van der Waals surface area contributed by atoms with Crippen LogP contribution in [0.5, 0.6) is 0 Å². The van der Waals surface area contributed by atoms with Gasteiger partial charge in [-0.3, -0.25) is 9.59 Å². The maximum Gasteiger partial charge on any atom is 0.306 e. The van der Waals surface area contributed by atoms with E-state index < -0.39 is 11.9 Å². The van der Waals surface area contributed by atoms with E-state index in [0.29, 0.717) is 23.0 Å². The van der Waals surface area contributed by atoms with Crippen molar-refractivity contribution in [2.75, 3.05) is 18.2 Å². The first-order valence-electron chi connectivity index (χ1n) is 10.7. The first kappa shape index (κ1) is 24.4. The molecule has 0 aliphatic heterocycles. The third kappa shape index (κ3) is 5.98. The number of thioether (sulfide) groups is 1. The third-order valence-electron chi connectivity index (χ3n) is 5.36. The first-order chi connectivity index (χ1) is 15.7. The molecule has 3 aromatic rings. The fourth-order valence-electron chi connectivity index (χ4n) is 3.54. The number of esters is 1. The largest absolute Gasteiger partial charge is 0.456 e. The molecule has 0 bridgehead atoms. The average molecular weight is 468 g/mol. The smallest absolute Gasteiger partial charge is 0.306 e. The number of anilines is 1. The first-order valence-corrected chi connectivity index (χ1v) is 11.9. The Morgan fingerprint density at radius 3 is 2.24 bits per heavy atom. The maximum atomic E-state index is 12.4. The molecule has 33 heavy (non-hydrogen) atoms. The maximum absolute atomic E-state index is 12.4. The number of ether oxygens (including phenoxy) is 1. The van der Waals surface area contributed by atoms with Gasteiger partial charge in [-0.05, 0) is 65.0 Å². The van der Waals surface area contributed by atoms with Gasteiger partial charge in [0.2, 0.25) is 0 Å². The van der Waals surface area contributed by atoms with E-state index in [-0.39, 0.29) is 13.0 Å². The summed E-state index contributed by atoms with van der Waals surface area (Å²) in [5, 5.41) is 8.06. The highest BCUT2D eigenvalue weighted by Crippen LogP contribution is 2.23. The van der Waals surface area contributed by atoms with Crippen LogP contribution < -0.4 is 5.32 Å². The SMILES string of the molecule is CSc1nc(C)c(CCC(=O)OCC(=O)Nc2c(C)nn(-c3ccc(C)cc3)c2C)c(C)n1. The number of aryl methyl sites for hydroxylation is 4. The van der Waals surface area contributed by atoms with Crippen LogP contribution in [-0.4, -0.2) is 44.5 Å². The molecule has 0 saturated carbocycles. The highest BCUT2D eigenvalue weighted by Gasteiger charge is 2.17. The van der Waals surface area contributed by atoms with Crippen molar-refractivity contribution in [3.05, 3.63) is 58.2 Å². The van der Waals surface area contributed by atoms with Crippen LogP contribution in [0, 0.1) is 34.6 Å². The number of nitrogens with zero attached hydrogens (tertiary/aromatic N) is 4. The summed E-state index contributed by atoms with van der Waals surface area (Å²) in [6.07, 6.45) is 2.54. The third-order valence-corrected chi connectivity index (χ3v) is 5.91. The molecular formula is C24H29N5O3S. The lowest BCUT2D eigenvalue weighted by Crippen LogP contribution is -2.21. The number of hydrogen-bond donors (Lipinski definition) is 1. The highest BCUT2D eigenvalue weighted by atomic mass is 32.2. The predicted molar refractivity (Wildman–Crippen MR) is 129 cm³/mol. The number of carbonyl (C=O) groups is 2. The van der Waals surface area contributed by atoms with E-state index in [1.165, 1.54) is 11.8 Å². The summed E-state index contributed by atoms with van der Waals surface area (Å²) in [5.41, 5.74) is 6.82. The van der Waals surface area contributed by atoms with Gasteiger partial charge in [0, 0.05) is 17.8 Å². The van der Waals surface area contributed by atoms with Gasteiger partial charge in [0.15, 0.2) is 11.8 Å². The molecule has 0 aliphatic rings. The van der Waals surface area contributed by atoms with Crippen molar-refractivity contribution >= 4 is 29.3 Å². The second-order valence-corrected chi connectivity index (χ2v) is 8.64. The lowest BCUT2D eigenvalue weighted by Gasteiger charge is -2.10. The number of nitrogens with one attached hydrogen (secondary N) is 1. The van der Waals surface area contributed by atoms with Gasteiger partial charge in [-0.15, -0.1) is 0 Å². The molecule has 2 heterocycles. The molecule has 1 N–H and O–H groups in total. The summed E-state index contributed by atoms with van der Waals surface area (Å²) in [6.45, 7) is 9.20. The molecule has 0 fully saturated rings. The van der Waals surface area contributed by atoms with Crippen molar-refractivity contribution in [3.8, 4) is 5.69 Å². The number of carbonyl (C=O) groups excluding carboxylic acids is 2. The predicted octanol–water partition coefficient (Wildman–Crippen LogP) is 4.04. The van der Waals surface area contributed by atoms with Crippen molar-refractivity contribution in [2.45, 2.75) is 52.6 Å². The molecule has 0 radical (unpaired) electrons. The zero-order valence-electron chi connectivity index (χ0n) is 19.9. The van der Waals surface area contributed by atoms with Gasteiger partial charge >= 0.3 is 5.97 Å². The van der Waals surface area contributed by atoms with Crippen molar-refractivity contribution in [1.82, 2.24) is 19.7 Å². The van der Waals surface area contributed by atoms with E-state index in [4.69, 9.17) is 4.74 Å². The van der Waals surface area contributed by atoms with Gasteiger partial charge in [0.05, 0.1) is 22.8 Å². The minimum Gasteiger partial charge on any atom is -0.456 e. The van der Waals surface area contributed by atoms with E-state index in [1.54, 1.807) is 4.68 Å². The lowest BCUT2D eigenvalue weighted by atomic mass is 10.1. The van der Waals surface area contributed by atoms with E-state index in [1.807, 2.05) is 65.1 Å². The quantitative estimate of drug-likeness (QED) is 0.303. The second-order valence-electron chi connectivity index (χ2n) is 7.86. The standard InChI is InChI=1S/C24H29N5O3S/c1-14-7-9-19(10-8-14)29-18(5)23(17(4)28-29)27-21(30)13-32-22(31)12-11-20-15(2)25-24(33-6)26-16(20)3/h7-10H,11-13H2,1-6H3,(H,27,30). The molecule has 0 saturated heterocycles. The topological polar surface area (TPSA) is 99.0 Å². The summed E-state index contributed by atoms with van der Waals surface area (Å²) in [7, 11) is 0. The number of rotatable bonds is 8. The zero-order valence-corrected chi connectivity index (χ0v) is 20.7. The molecule has 1 amide bonds. The summed E-state index contributed by atoms with van der Waals surface area (Å²) >= 11 is 1.48. The van der Waals surface area contributed by atoms with E-state index in [2.05, 4.69) is 20.4 Å². The van der Waals surface area contributed by atoms with Gasteiger partial charge < -0.3 is 10.1 Å². The number of aromatic nitrogens is 4. The Kier molecular flexibility index (Phi) is 7.86. The van der Waals surface area contributed by atoms with Crippen molar-refractivity contribution in [1.29, 1.82) is 0 Å². The number of benzene rings is 1. The monoisotopic (exact) mass is 467 g/mol. The molecule has 0 atom stereocenters. The van der Waals surface area contributed by atoms with E-state index in [9.17, 15) is 9.59 Å². The number of amides is 1. The zero-order chi connectivity index (χ0) is 24.1. The molecule has 0 unspecified atom stereocenters. The molecular weight excluding hydrogens is 438 g/mol. The summed E-state index contributed by atoms with van der Waals surface area (Å²) in [6, 6.07) is 7.97. The Morgan fingerprint density at radius 1 is 1.00 bits per heavy atom. The fourth-order valence-corrected chi connectivity index (χ4v) is 4.00. The van der Waals surface area contributed by atoms with Crippen molar-refractivity contribution < 1.29 is 14.3 Å². The van der Waals surface area contributed by atoms with Crippen LogP contribution in [-0.2, 0) is 20.7 Å². The Hall–Kier alpha value is -3.20. The van der Waals surface area contributed by atoms with Gasteiger partial charge in [0.25, 0.3) is 5.91 Å². The van der Waals surface area contributed by atoms with Crippen molar-refractivity contribution in [2.24, 2.45) is 0 Å². The van der Waals surface area contributed by atoms with Crippen LogP contribution >= 0.6 is 11.8 Å². The van der Waals surface area contributed by atoms with Crippen LogP contribution in [0.15, 0.2) is 29.4 Å². The molecule has 2 aromatic heterocycles. The van der Waals surface area contributed by atoms with Gasteiger partial charge in [-0.25, -0.2) is 14.6 Å². The minimum absolute atomic E-state index is 0.153. The van der Waals surface area contributed by atoms with Gasteiger partial charge in [0.1, 0.15) is 0 Å². The minimum atomic E-state index is -0.443. The average Bonchev–Trinajstić information content (AvgIpc) is 3.05. The number of hydrogen-bond acceptors (Lipinski definition) is 7. The Balaban J connectivity index is 1.55. The van der Waals surface area contributed by atoms with E-state index in [0.717, 1.165) is 33.9 Å². The molecule has 3 rings (SSSR count).